The van der Waals surface area contributed by atoms with Gasteiger partial charge in [0.1, 0.15) is 5.82 Å². The molecular weight excluding hydrogens is 351 g/mol. The Morgan fingerprint density at radius 2 is 1.81 bits per heavy atom. The molecule has 0 bridgehead atoms. The minimum atomic E-state index is -0.730. The molecule has 3 rings (SSSR count). The molecule has 1 atom stereocenters. The van der Waals surface area contributed by atoms with Crippen molar-refractivity contribution >= 4 is 29.2 Å². The summed E-state index contributed by atoms with van der Waals surface area (Å²) in [4.78, 5) is 39.2. The van der Waals surface area contributed by atoms with Crippen LogP contribution in [0.5, 0.6) is 0 Å². The van der Waals surface area contributed by atoms with Gasteiger partial charge in [-0.05, 0) is 24.3 Å². The third-order valence-electron chi connectivity index (χ3n) is 4.46. The van der Waals surface area contributed by atoms with Gasteiger partial charge in [0.05, 0.1) is 11.6 Å². The van der Waals surface area contributed by atoms with Gasteiger partial charge >= 0.3 is 5.97 Å². The molecule has 0 saturated carbocycles. The van der Waals surface area contributed by atoms with Crippen LogP contribution in [0.2, 0.25) is 0 Å². The number of para-hydroxylation sites is 2. The Labute approximate surface area is 156 Å². The second kappa shape index (κ2) is 7.99. The van der Waals surface area contributed by atoms with E-state index >= 15 is 0 Å². The molecule has 140 valence electrons. The molecule has 0 aromatic heterocycles. The van der Waals surface area contributed by atoms with Crippen molar-refractivity contribution < 1.29 is 23.5 Å². The van der Waals surface area contributed by atoms with E-state index in [1.807, 2.05) is 6.07 Å². The highest BCUT2D eigenvalue weighted by Crippen LogP contribution is 2.27. The maximum Gasteiger partial charge on any atom is 0.311 e. The van der Waals surface area contributed by atoms with Crippen molar-refractivity contribution in [3.05, 3.63) is 60.4 Å². The van der Waals surface area contributed by atoms with Crippen LogP contribution in [0.25, 0.3) is 0 Å². The molecule has 0 aliphatic carbocycles. The van der Waals surface area contributed by atoms with E-state index in [4.69, 9.17) is 4.74 Å². The fourth-order valence-electron chi connectivity index (χ4n) is 2.91. The maximum atomic E-state index is 13.9. The van der Waals surface area contributed by atoms with Gasteiger partial charge in [-0.3, -0.25) is 14.4 Å². The number of esters is 1. The number of carbonyl (C=O) groups is 3. The first-order valence-corrected chi connectivity index (χ1v) is 8.50. The third kappa shape index (κ3) is 4.13. The smallest absolute Gasteiger partial charge is 0.311 e. The third-order valence-corrected chi connectivity index (χ3v) is 4.46. The number of rotatable bonds is 5. The van der Waals surface area contributed by atoms with E-state index in [-0.39, 0.29) is 30.5 Å². The number of likely N-dealkylation sites (N-methyl/N-ethyl adjacent to an activating group) is 1. The van der Waals surface area contributed by atoms with Crippen LogP contribution in [-0.4, -0.2) is 38.0 Å². The topological polar surface area (TPSA) is 66.9 Å². The predicted octanol–water partition coefficient (Wildman–Crippen LogP) is 2.38. The summed E-state index contributed by atoms with van der Waals surface area (Å²) in [5.41, 5.74) is 0.818. The number of halogens is 1. The summed E-state index contributed by atoms with van der Waals surface area (Å²) >= 11 is 0. The van der Waals surface area contributed by atoms with Gasteiger partial charge in [0, 0.05) is 25.7 Å². The predicted molar refractivity (Wildman–Crippen MR) is 97.7 cm³/mol. The lowest BCUT2D eigenvalue weighted by atomic mass is 10.1. The first kappa shape index (κ1) is 18.6. The highest BCUT2D eigenvalue weighted by Gasteiger charge is 2.37. The van der Waals surface area contributed by atoms with Crippen LogP contribution in [0.1, 0.15) is 6.42 Å². The summed E-state index contributed by atoms with van der Waals surface area (Å²) in [5.74, 6) is -2.64. The molecule has 2 amide bonds. The Hall–Kier alpha value is -3.22. The summed E-state index contributed by atoms with van der Waals surface area (Å²) in [6.45, 7) is -0.393. The van der Waals surface area contributed by atoms with E-state index < -0.39 is 24.3 Å². The second-order valence-electron chi connectivity index (χ2n) is 6.25. The fourth-order valence-corrected chi connectivity index (χ4v) is 2.91. The van der Waals surface area contributed by atoms with Crippen LogP contribution in [0.3, 0.4) is 0 Å². The maximum absolute atomic E-state index is 13.9. The van der Waals surface area contributed by atoms with Crippen molar-refractivity contribution in [1.82, 2.24) is 0 Å². The summed E-state index contributed by atoms with van der Waals surface area (Å²) in [6, 6.07) is 14.9. The number of amides is 2. The van der Waals surface area contributed by atoms with Crippen LogP contribution in [-0.2, 0) is 19.1 Å². The largest absolute Gasteiger partial charge is 0.455 e. The van der Waals surface area contributed by atoms with E-state index in [0.29, 0.717) is 5.69 Å². The van der Waals surface area contributed by atoms with Gasteiger partial charge in [-0.25, -0.2) is 4.39 Å². The van der Waals surface area contributed by atoms with Crippen LogP contribution in [0.15, 0.2) is 54.6 Å². The molecule has 1 fully saturated rings. The Morgan fingerprint density at radius 1 is 1.15 bits per heavy atom. The number of benzene rings is 2. The molecule has 27 heavy (non-hydrogen) atoms. The normalized spacial score (nSPS) is 16.3. The van der Waals surface area contributed by atoms with E-state index in [1.54, 1.807) is 37.4 Å². The number of hydrogen-bond donors (Lipinski definition) is 0. The number of nitrogens with zero attached hydrogens (tertiary/aromatic N) is 2. The Kier molecular flexibility index (Phi) is 5.49. The highest BCUT2D eigenvalue weighted by atomic mass is 19.1. The molecule has 2 aromatic carbocycles. The van der Waals surface area contributed by atoms with E-state index in [2.05, 4.69) is 0 Å². The molecule has 6 nitrogen and oxygen atoms in total. The molecule has 1 aliphatic heterocycles. The minimum absolute atomic E-state index is 0.0291. The average molecular weight is 370 g/mol. The molecule has 7 heteroatoms. The van der Waals surface area contributed by atoms with Crippen molar-refractivity contribution in [1.29, 1.82) is 0 Å². The lowest BCUT2D eigenvalue weighted by Gasteiger charge is -2.18. The molecule has 0 radical (unpaired) electrons. The standard InChI is InChI=1S/C20H19FN2O4/c1-22(15-7-3-2-4-8-15)19(25)13-27-20(26)14-11-18(24)23(12-14)17-10-6-5-9-16(17)21/h2-10,14H,11-13H2,1H3/t14-/m0/s1. The summed E-state index contributed by atoms with van der Waals surface area (Å²) < 4.78 is 19.0. The minimum Gasteiger partial charge on any atom is -0.455 e. The van der Waals surface area contributed by atoms with Gasteiger partial charge in [0.15, 0.2) is 6.61 Å². The zero-order valence-corrected chi connectivity index (χ0v) is 14.8. The average Bonchev–Trinajstić information content (AvgIpc) is 3.08. The van der Waals surface area contributed by atoms with Crippen molar-refractivity contribution in [2.45, 2.75) is 6.42 Å². The molecular formula is C20H19FN2O4. The van der Waals surface area contributed by atoms with E-state index in [1.165, 1.54) is 28.0 Å². The molecule has 0 unspecified atom stereocenters. The Bertz CT molecular complexity index is 856. The second-order valence-corrected chi connectivity index (χ2v) is 6.25. The molecule has 0 spiro atoms. The monoisotopic (exact) mass is 370 g/mol. The van der Waals surface area contributed by atoms with Gasteiger partial charge in [0.2, 0.25) is 5.91 Å². The van der Waals surface area contributed by atoms with Crippen LogP contribution in [0.4, 0.5) is 15.8 Å². The lowest BCUT2D eigenvalue weighted by Crippen LogP contribution is -2.33. The molecule has 1 aliphatic rings. The number of anilines is 2. The first-order valence-electron chi connectivity index (χ1n) is 8.50. The molecule has 1 heterocycles. The van der Waals surface area contributed by atoms with Gasteiger partial charge < -0.3 is 14.5 Å². The SMILES string of the molecule is CN(C(=O)COC(=O)[C@H]1CC(=O)N(c2ccccc2F)C1)c1ccccc1. The zero-order chi connectivity index (χ0) is 19.4. The van der Waals surface area contributed by atoms with Crippen LogP contribution < -0.4 is 9.80 Å². The first-order chi connectivity index (χ1) is 13.0. The Morgan fingerprint density at radius 3 is 2.52 bits per heavy atom. The van der Waals surface area contributed by atoms with Crippen molar-refractivity contribution in [2.24, 2.45) is 5.92 Å². The quantitative estimate of drug-likeness (QED) is 0.758. The van der Waals surface area contributed by atoms with Gasteiger partial charge in [-0.1, -0.05) is 30.3 Å². The van der Waals surface area contributed by atoms with Gasteiger partial charge in [0.25, 0.3) is 5.91 Å². The van der Waals surface area contributed by atoms with Crippen molar-refractivity contribution in [3.8, 4) is 0 Å². The van der Waals surface area contributed by atoms with Crippen molar-refractivity contribution in [2.75, 3.05) is 30.0 Å². The number of carbonyl (C=O) groups excluding carboxylic acids is 3. The van der Waals surface area contributed by atoms with Crippen LogP contribution >= 0.6 is 0 Å². The van der Waals surface area contributed by atoms with E-state index in [9.17, 15) is 18.8 Å². The Balaban J connectivity index is 1.57. The number of ether oxygens (including phenoxy) is 1. The number of hydrogen-bond acceptors (Lipinski definition) is 4. The van der Waals surface area contributed by atoms with Gasteiger partial charge in [-0.15, -0.1) is 0 Å². The van der Waals surface area contributed by atoms with E-state index in [0.717, 1.165) is 0 Å². The summed E-state index contributed by atoms with van der Waals surface area (Å²) in [7, 11) is 1.59. The molecule has 0 N–H and O–H groups in total. The summed E-state index contributed by atoms with van der Waals surface area (Å²) in [6.07, 6.45) is -0.0735. The molecule has 1 saturated heterocycles. The highest BCUT2D eigenvalue weighted by molar-refractivity contribution is 6.00. The van der Waals surface area contributed by atoms with Crippen LogP contribution in [0, 0.1) is 11.7 Å². The zero-order valence-electron chi connectivity index (χ0n) is 14.8. The molecule has 2 aromatic rings. The fraction of sp³-hybridized carbons (Fsp3) is 0.250. The van der Waals surface area contributed by atoms with Gasteiger partial charge in [-0.2, -0.15) is 0 Å². The summed E-state index contributed by atoms with van der Waals surface area (Å²) in [5, 5.41) is 0. The van der Waals surface area contributed by atoms with Crippen molar-refractivity contribution in [3.63, 3.8) is 0 Å². The lowest BCUT2D eigenvalue weighted by molar-refractivity contribution is -0.151.